The van der Waals surface area contributed by atoms with Crippen LogP contribution in [0.15, 0.2) is 47.4 Å². The van der Waals surface area contributed by atoms with Gasteiger partial charge in [0.2, 0.25) is 15.9 Å². The SMILES string of the molecule is CCC[C@@H](C)NC(=O)CN(Cc1c(Cl)cccc1Cl)S(=O)(=O)c1ccc(Cl)cc1. The Morgan fingerprint density at radius 2 is 1.66 bits per heavy atom. The molecule has 0 fully saturated rings. The molecule has 0 bridgehead atoms. The maximum absolute atomic E-state index is 13.2. The third kappa shape index (κ3) is 6.59. The molecule has 2 aromatic carbocycles. The molecule has 0 aliphatic heterocycles. The Kier molecular flexibility index (Phi) is 8.79. The normalized spacial score (nSPS) is 12.8. The summed E-state index contributed by atoms with van der Waals surface area (Å²) < 4.78 is 27.5. The lowest BCUT2D eigenvalue weighted by atomic mass is 10.2. The van der Waals surface area contributed by atoms with Crippen LogP contribution in [0.4, 0.5) is 0 Å². The minimum atomic E-state index is -4.00. The van der Waals surface area contributed by atoms with E-state index in [2.05, 4.69) is 5.32 Å². The zero-order valence-corrected chi connectivity index (χ0v) is 19.2. The second-order valence-electron chi connectivity index (χ2n) is 6.68. The Hall–Kier alpha value is -1.31. The van der Waals surface area contributed by atoms with Crippen LogP contribution in [0.5, 0.6) is 0 Å². The Balaban J connectivity index is 2.36. The van der Waals surface area contributed by atoms with Crippen LogP contribution >= 0.6 is 34.8 Å². The van der Waals surface area contributed by atoms with Crippen molar-refractivity contribution in [1.29, 1.82) is 0 Å². The molecule has 0 aromatic heterocycles. The summed E-state index contributed by atoms with van der Waals surface area (Å²) in [5.41, 5.74) is 0.433. The molecule has 0 aliphatic rings. The molecule has 158 valence electrons. The summed E-state index contributed by atoms with van der Waals surface area (Å²) in [7, 11) is -4.00. The number of hydrogen-bond acceptors (Lipinski definition) is 3. The molecule has 1 N–H and O–H groups in total. The molecule has 0 saturated heterocycles. The van der Waals surface area contributed by atoms with Gasteiger partial charge in [0, 0.05) is 33.2 Å². The van der Waals surface area contributed by atoms with Crippen LogP contribution in [0, 0.1) is 0 Å². The van der Waals surface area contributed by atoms with Crippen LogP contribution in [0.1, 0.15) is 32.3 Å². The van der Waals surface area contributed by atoms with Gasteiger partial charge in [0.05, 0.1) is 11.4 Å². The number of carbonyl (C=O) groups excluding carboxylic acids is 1. The molecular formula is C20H23Cl3N2O3S. The minimum absolute atomic E-state index is 0.0273. The molecule has 2 aromatic rings. The average Bonchev–Trinajstić information content (AvgIpc) is 2.64. The first kappa shape index (κ1) is 24.0. The van der Waals surface area contributed by atoms with E-state index in [9.17, 15) is 13.2 Å². The van der Waals surface area contributed by atoms with Crippen LogP contribution in [0.25, 0.3) is 0 Å². The maximum Gasteiger partial charge on any atom is 0.243 e. The van der Waals surface area contributed by atoms with Crippen molar-refractivity contribution in [3.63, 3.8) is 0 Å². The Morgan fingerprint density at radius 1 is 1.07 bits per heavy atom. The Bertz CT molecular complexity index is 930. The quantitative estimate of drug-likeness (QED) is 0.543. The average molecular weight is 478 g/mol. The van der Waals surface area contributed by atoms with E-state index < -0.39 is 15.9 Å². The zero-order valence-electron chi connectivity index (χ0n) is 16.2. The van der Waals surface area contributed by atoms with Crippen molar-refractivity contribution >= 4 is 50.7 Å². The smallest absolute Gasteiger partial charge is 0.243 e. The fraction of sp³-hybridized carbons (Fsp3) is 0.350. The molecule has 0 radical (unpaired) electrons. The first-order chi connectivity index (χ1) is 13.6. The fourth-order valence-corrected chi connectivity index (χ4v) is 4.83. The summed E-state index contributed by atoms with van der Waals surface area (Å²) in [6.07, 6.45) is 1.70. The largest absolute Gasteiger partial charge is 0.353 e. The highest BCUT2D eigenvalue weighted by Crippen LogP contribution is 2.28. The molecule has 0 spiro atoms. The van der Waals surface area contributed by atoms with Crippen LogP contribution in [-0.4, -0.2) is 31.2 Å². The zero-order chi connectivity index (χ0) is 21.6. The van der Waals surface area contributed by atoms with Crippen molar-refractivity contribution in [3.8, 4) is 0 Å². The summed E-state index contributed by atoms with van der Waals surface area (Å²) in [6, 6.07) is 10.6. The Labute approximate surface area is 187 Å². The number of hydrogen-bond donors (Lipinski definition) is 1. The van der Waals surface area contributed by atoms with Gasteiger partial charge in [-0.15, -0.1) is 0 Å². The van der Waals surface area contributed by atoms with Crippen molar-refractivity contribution in [2.24, 2.45) is 0 Å². The first-order valence-corrected chi connectivity index (χ1v) is 11.7. The minimum Gasteiger partial charge on any atom is -0.353 e. The van der Waals surface area contributed by atoms with Crippen LogP contribution in [-0.2, 0) is 21.4 Å². The molecule has 0 saturated carbocycles. The van der Waals surface area contributed by atoms with Gasteiger partial charge in [-0.2, -0.15) is 4.31 Å². The van der Waals surface area contributed by atoms with Crippen molar-refractivity contribution in [1.82, 2.24) is 9.62 Å². The van der Waals surface area contributed by atoms with Crippen molar-refractivity contribution in [3.05, 3.63) is 63.1 Å². The Morgan fingerprint density at radius 3 is 2.21 bits per heavy atom. The van der Waals surface area contributed by atoms with E-state index in [0.29, 0.717) is 20.6 Å². The summed E-state index contributed by atoms with van der Waals surface area (Å²) >= 11 is 18.3. The van der Waals surface area contributed by atoms with Gasteiger partial charge in [-0.25, -0.2) is 8.42 Å². The van der Waals surface area contributed by atoms with Gasteiger partial charge in [-0.3, -0.25) is 4.79 Å². The number of rotatable bonds is 9. The highest BCUT2D eigenvalue weighted by atomic mass is 35.5. The van der Waals surface area contributed by atoms with E-state index in [1.807, 2.05) is 13.8 Å². The van der Waals surface area contributed by atoms with Gasteiger partial charge in [0.15, 0.2) is 0 Å². The number of sulfonamides is 1. The number of nitrogens with zero attached hydrogens (tertiary/aromatic N) is 1. The van der Waals surface area contributed by atoms with Gasteiger partial charge >= 0.3 is 0 Å². The van der Waals surface area contributed by atoms with Crippen LogP contribution < -0.4 is 5.32 Å². The van der Waals surface area contributed by atoms with E-state index >= 15 is 0 Å². The molecule has 1 atom stereocenters. The van der Waals surface area contributed by atoms with Crippen molar-refractivity contribution in [2.45, 2.75) is 44.2 Å². The first-order valence-electron chi connectivity index (χ1n) is 9.13. The number of amides is 1. The lowest BCUT2D eigenvalue weighted by molar-refractivity contribution is -0.122. The van der Waals surface area contributed by atoms with Gasteiger partial charge in [0.25, 0.3) is 0 Å². The van der Waals surface area contributed by atoms with Gasteiger partial charge in [-0.05, 0) is 49.7 Å². The van der Waals surface area contributed by atoms with Crippen molar-refractivity contribution in [2.75, 3.05) is 6.54 Å². The van der Waals surface area contributed by atoms with E-state index in [1.54, 1.807) is 18.2 Å². The summed E-state index contributed by atoms with van der Waals surface area (Å²) in [4.78, 5) is 12.6. The molecule has 0 aliphatic carbocycles. The number of nitrogens with one attached hydrogen (secondary N) is 1. The number of halogens is 3. The molecule has 5 nitrogen and oxygen atoms in total. The lowest BCUT2D eigenvalue weighted by Gasteiger charge is -2.24. The standard InChI is InChI=1S/C20H23Cl3N2O3S/c1-3-5-14(2)24-20(26)13-25(12-17-18(22)6-4-7-19(17)23)29(27,28)16-10-8-15(21)9-11-16/h4,6-11,14H,3,5,12-13H2,1-2H3,(H,24,26)/t14-/m1/s1. The summed E-state index contributed by atoms with van der Waals surface area (Å²) in [5, 5.41) is 3.89. The van der Waals surface area contributed by atoms with Crippen molar-refractivity contribution < 1.29 is 13.2 Å². The monoisotopic (exact) mass is 476 g/mol. The second-order valence-corrected chi connectivity index (χ2v) is 9.87. The number of benzene rings is 2. The third-order valence-electron chi connectivity index (χ3n) is 4.30. The predicted molar refractivity (Wildman–Crippen MR) is 118 cm³/mol. The summed E-state index contributed by atoms with van der Waals surface area (Å²) in [6.45, 7) is 3.39. The van der Waals surface area contributed by atoms with E-state index in [4.69, 9.17) is 34.8 Å². The third-order valence-corrected chi connectivity index (χ3v) is 7.06. The highest BCUT2D eigenvalue weighted by molar-refractivity contribution is 7.89. The topological polar surface area (TPSA) is 66.5 Å². The van der Waals surface area contributed by atoms with E-state index in [1.165, 1.54) is 24.3 Å². The lowest BCUT2D eigenvalue weighted by Crippen LogP contribution is -2.43. The van der Waals surface area contributed by atoms with Gasteiger partial charge < -0.3 is 5.32 Å². The molecule has 1 amide bonds. The molecule has 9 heteroatoms. The maximum atomic E-state index is 13.2. The van der Waals surface area contributed by atoms with Crippen LogP contribution in [0.3, 0.4) is 0 Å². The molecule has 0 unspecified atom stereocenters. The van der Waals surface area contributed by atoms with Gasteiger partial charge in [-0.1, -0.05) is 54.2 Å². The number of carbonyl (C=O) groups is 1. The summed E-state index contributed by atoms with van der Waals surface area (Å²) in [5.74, 6) is -0.397. The van der Waals surface area contributed by atoms with E-state index in [0.717, 1.165) is 17.1 Å². The second kappa shape index (κ2) is 10.6. The van der Waals surface area contributed by atoms with Gasteiger partial charge in [0.1, 0.15) is 0 Å². The van der Waals surface area contributed by atoms with Crippen LogP contribution in [0.2, 0.25) is 15.1 Å². The molecule has 2 rings (SSSR count). The predicted octanol–water partition coefficient (Wildman–Crippen LogP) is 5.14. The fourth-order valence-electron chi connectivity index (χ4n) is 2.83. The highest BCUT2D eigenvalue weighted by Gasteiger charge is 2.28. The molecular weight excluding hydrogens is 455 g/mol. The van der Waals surface area contributed by atoms with E-state index in [-0.39, 0.29) is 24.0 Å². The molecule has 29 heavy (non-hydrogen) atoms. The molecule has 0 heterocycles.